The van der Waals surface area contributed by atoms with Crippen LogP contribution in [0.3, 0.4) is 0 Å². The molecule has 44 nitrogen and oxygen atoms in total. The Morgan fingerprint density at radius 1 is 0.572 bits per heavy atom. The summed E-state index contributed by atoms with van der Waals surface area (Å²) in [6.45, 7) is 4.99. The Bertz CT molecular complexity index is 5370. The van der Waals surface area contributed by atoms with Crippen molar-refractivity contribution in [1.29, 1.82) is 0 Å². The zero-order valence-electron chi connectivity index (χ0n) is 78.2. The number of unbranched alkanes of at least 4 members (excludes halogenated alkanes) is 2. The van der Waals surface area contributed by atoms with E-state index in [2.05, 4.69) is 63.1 Å². The number of H-pyrrole nitrogens is 1. The Hall–Kier alpha value is -13.9. The lowest BCUT2D eigenvalue weighted by atomic mass is 9.99. The van der Waals surface area contributed by atoms with E-state index < -0.39 is 279 Å². The fourth-order valence-electron chi connectivity index (χ4n) is 17.1. The van der Waals surface area contributed by atoms with Gasteiger partial charge in [0.25, 0.3) is 0 Å². The van der Waals surface area contributed by atoms with Gasteiger partial charge >= 0.3 is 17.9 Å². The normalized spacial score (nSPS) is 24.9. The van der Waals surface area contributed by atoms with Gasteiger partial charge < -0.3 is 124 Å². The summed E-state index contributed by atoms with van der Waals surface area (Å²) < 4.78 is 1.39. The van der Waals surface area contributed by atoms with Crippen LogP contribution in [-0.4, -0.2) is 333 Å². The van der Waals surface area contributed by atoms with E-state index in [1.54, 1.807) is 62.4 Å². The lowest BCUT2D eigenvalue weighted by molar-refractivity contribution is -0.149. The van der Waals surface area contributed by atoms with Crippen molar-refractivity contribution in [1.82, 2.24) is 87.2 Å². The van der Waals surface area contributed by atoms with Gasteiger partial charge in [0.2, 0.25) is 94.5 Å². The summed E-state index contributed by atoms with van der Waals surface area (Å²) in [5, 5.41) is 90.2. The van der Waals surface area contributed by atoms with Gasteiger partial charge in [-0.2, -0.15) is 0 Å². The van der Waals surface area contributed by atoms with Crippen LogP contribution in [0.25, 0.3) is 21.8 Å². The van der Waals surface area contributed by atoms with E-state index in [9.17, 15) is 83.4 Å². The Labute approximate surface area is 799 Å². The summed E-state index contributed by atoms with van der Waals surface area (Å²) >= 11 is 0.757. The number of carbonyl (C=O) groups is 19. The van der Waals surface area contributed by atoms with Gasteiger partial charge in [0.15, 0.2) is 0 Å². The number of phenols is 1. The molecule has 0 radical (unpaired) electrons. The highest BCUT2D eigenvalue weighted by Crippen LogP contribution is 2.30. The number of hydrogen-bond donors (Lipinski definition) is 18. The van der Waals surface area contributed by atoms with Crippen molar-refractivity contribution in [2.24, 2.45) is 16.6 Å². The van der Waals surface area contributed by atoms with Crippen molar-refractivity contribution >= 4 is 152 Å². The van der Waals surface area contributed by atoms with Gasteiger partial charge in [0.1, 0.15) is 96.9 Å². The summed E-state index contributed by atoms with van der Waals surface area (Å²) in [4.78, 5) is 287. The number of fused-ring (bicyclic) bond motifs is 4. The topological polar surface area (TPSA) is 641 Å². The Kier molecular flexibility index (Phi) is 39.7. The third kappa shape index (κ3) is 29.6. The number of amides is 16. The van der Waals surface area contributed by atoms with E-state index in [0.29, 0.717) is 63.3 Å². The van der Waals surface area contributed by atoms with E-state index in [-0.39, 0.29) is 76.0 Å². The minimum atomic E-state index is -2.01. The van der Waals surface area contributed by atoms with E-state index in [0.717, 1.165) is 36.3 Å². The number of hydrogen-bond acceptors (Lipinski definition) is 24. The number of aliphatic carboxylic acids is 3. The van der Waals surface area contributed by atoms with E-state index in [1.165, 1.54) is 81.7 Å². The van der Waals surface area contributed by atoms with Crippen molar-refractivity contribution in [2.75, 3.05) is 58.9 Å². The number of likely N-dealkylation sites (N-methyl/N-ethyl adjacent to an activating group) is 3. The van der Waals surface area contributed by atoms with Crippen LogP contribution in [0.5, 0.6) is 5.75 Å². The molecule has 748 valence electrons. The van der Waals surface area contributed by atoms with Crippen LogP contribution in [0.15, 0.2) is 102 Å². The van der Waals surface area contributed by atoms with Gasteiger partial charge in [-0.15, -0.1) is 11.8 Å². The number of nitrogens with two attached hydrogens (primary N) is 1. The molecule has 0 saturated carbocycles. The first-order valence-corrected chi connectivity index (χ1v) is 47.1. The van der Waals surface area contributed by atoms with Crippen molar-refractivity contribution in [3.63, 3.8) is 0 Å². The molecule has 15 atom stereocenters. The number of thioether (sulfide) groups is 1. The maximum atomic E-state index is 15.9. The number of aliphatic hydroxyl groups is 2. The summed E-state index contributed by atoms with van der Waals surface area (Å²) in [5.41, 5.74) is 7.91. The third-order valence-corrected chi connectivity index (χ3v) is 25.7. The Morgan fingerprint density at radius 3 is 1.78 bits per heavy atom. The van der Waals surface area contributed by atoms with Crippen molar-refractivity contribution < 1.29 is 122 Å². The van der Waals surface area contributed by atoms with Crippen LogP contribution in [0.2, 0.25) is 0 Å². The highest BCUT2D eigenvalue weighted by Gasteiger charge is 2.47. The lowest BCUT2D eigenvalue weighted by Crippen LogP contribution is -2.61. The largest absolute Gasteiger partial charge is 0.508 e. The molecule has 9 rings (SSSR count). The number of aromatic nitrogens is 2. The van der Waals surface area contributed by atoms with Crippen LogP contribution in [-0.2, 0) is 117 Å². The standard InChI is InChI=1S/C93H125N19O25S/c1-9-11-21-71-86(130)100-62(34-50(3)4)82(126)106-69(81(125)97-43-75(94)116)48-138-49-76(117)98-65(35-52-25-27-56(114)28-26-52)89(133)107(6)51(5)80(124)103-67(40-78(120)121)92(136)111-33-17-24-72(111)87(131)101-63(36-53-31-32-95-41-53)83(127)99-61(29-30-77(118)119)91(135)112-45-57(115)39-74(112)88(132)102-64(37-54-42-96-60-20-15-13-18-58(54)60)84(128)105-68(47-113)85(129)104-66(90(134)109(8)73(22-12-10-2)93(137)108(71)7)38-55-44-110(46-79(122)123)70-23-16-14-19-59(55)70/h13-16,18-20,23,25-28,32,41-42,44,50-51,57,61-69,71-74,96,113-115H,9-12,17,21-22,24,29-31,33-40,43,45-49H2,1-8H3,(H2,94,116)(H,97,125)(H,98,117)(H,99,127)(H,100,130)(H,101,131)(H,102,132)(H,103,124)(H,104,129)(H,105,128)(H,106,126)(H,118,119)(H,120,121)(H,122,123)/t51-,57+,61-,62-,63-,64-,65-,66-,67-,68-,69-,71-,72-,73-,74-/m0/s1. The third-order valence-electron chi connectivity index (χ3n) is 24.7. The van der Waals surface area contributed by atoms with Gasteiger partial charge in [-0.3, -0.25) is 96.1 Å². The number of primary amides is 1. The molecule has 3 saturated heterocycles. The van der Waals surface area contributed by atoms with Gasteiger partial charge in [-0.1, -0.05) is 102 Å². The summed E-state index contributed by atoms with van der Waals surface area (Å²) in [7, 11) is 3.78. The van der Waals surface area contributed by atoms with Crippen molar-refractivity contribution in [2.45, 2.75) is 247 Å². The Balaban J connectivity index is 1.12. The summed E-state index contributed by atoms with van der Waals surface area (Å²) in [5.74, 6) is -22.1. The number of carboxylic acid groups (broad SMARTS) is 3. The van der Waals surface area contributed by atoms with Gasteiger partial charge in [0.05, 0.1) is 31.4 Å². The molecule has 0 unspecified atom stereocenters. The average molecular weight is 1940 g/mol. The molecule has 4 aliphatic rings. The van der Waals surface area contributed by atoms with Crippen LogP contribution in [0, 0.1) is 5.92 Å². The maximum absolute atomic E-state index is 15.9. The van der Waals surface area contributed by atoms with E-state index in [1.807, 2.05) is 13.8 Å². The molecule has 45 heteroatoms. The van der Waals surface area contributed by atoms with Crippen molar-refractivity contribution in [3.8, 4) is 5.75 Å². The fourth-order valence-corrected chi connectivity index (χ4v) is 18.0. The first-order chi connectivity index (χ1) is 65.6. The molecular formula is C93H125N19O25S. The average Bonchev–Trinajstić information content (AvgIpc) is 1.63. The highest BCUT2D eigenvalue weighted by molar-refractivity contribution is 8.00. The molecule has 5 aromatic rings. The monoisotopic (exact) mass is 1940 g/mol. The SMILES string of the molecule is CCCC[C@H]1C(=O)N(C)[C@@H](CCCC)C(=O)N[C@@H](CC(C)C)C(=O)N[C@H](C(=O)NCC(N)=O)CSCC(=O)N[C@@H](Cc2ccc(O)cc2)C(=O)N(C)[C@@H](C)C(=O)N[C@@H](CC(=O)O)C(=O)N2CCC[C@H]2C(=O)N[C@@H](CC2=CN=CC2)C(=O)N[C@@H](CCC(=O)O)C(=O)N2C[C@H](O)C[C@H]2C(=O)N[C@@H](Cc2c[nH]c3ccccc23)C(=O)N[C@@H](CO)C(=O)N[C@@H](Cc2cn(CC(=O)O)c3ccccc23)C(=O)N1C. The van der Waals surface area contributed by atoms with Gasteiger partial charge in [-0.25, -0.2) is 0 Å². The molecule has 19 N–H and O–H groups in total. The molecule has 0 bridgehead atoms. The second kappa shape index (κ2) is 50.8. The van der Waals surface area contributed by atoms with Gasteiger partial charge in [0, 0.05) is 125 Å². The molecule has 3 fully saturated rings. The second-order valence-corrected chi connectivity index (χ2v) is 36.5. The fraction of sp³-hybridized carbons (Fsp3) is 0.527. The number of para-hydroxylation sites is 2. The highest BCUT2D eigenvalue weighted by atomic mass is 32.2. The predicted molar refractivity (Wildman–Crippen MR) is 501 cm³/mol. The first kappa shape index (κ1) is 108. The zero-order valence-corrected chi connectivity index (χ0v) is 79.0. The molecule has 0 aliphatic carbocycles. The molecule has 6 heterocycles. The number of aliphatic imine (C=N–C) groups is 1. The van der Waals surface area contributed by atoms with Crippen LogP contribution in [0.4, 0.5) is 0 Å². The maximum Gasteiger partial charge on any atom is 0.323 e. The number of aromatic amines is 1. The van der Waals surface area contributed by atoms with Crippen LogP contribution >= 0.6 is 11.8 Å². The number of aliphatic hydroxyl groups excluding tert-OH is 2. The minimum absolute atomic E-state index is 0.0310. The lowest BCUT2D eigenvalue weighted by Gasteiger charge is -2.36. The number of aromatic hydroxyl groups is 1. The second-order valence-electron chi connectivity index (χ2n) is 35.4. The molecule has 138 heavy (non-hydrogen) atoms. The molecule has 16 amide bonds. The summed E-state index contributed by atoms with van der Waals surface area (Å²) in [6.07, 6.45) is 1.26. The number of benzene rings is 3. The van der Waals surface area contributed by atoms with Crippen LogP contribution < -0.4 is 58.9 Å². The molecule has 3 aromatic carbocycles. The van der Waals surface area contributed by atoms with Crippen molar-refractivity contribution in [3.05, 3.63) is 114 Å². The minimum Gasteiger partial charge on any atom is -0.508 e. The molecular weight excluding hydrogens is 1820 g/mol. The zero-order chi connectivity index (χ0) is 101. The number of rotatable bonds is 27. The number of nitrogens with zero attached hydrogens (tertiary/aromatic N) is 7. The molecule has 4 aliphatic heterocycles. The van der Waals surface area contributed by atoms with E-state index in [4.69, 9.17) is 5.73 Å². The number of phenolic OH excluding ortho intramolecular Hbond substituents is 1. The quantitative estimate of drug-likeness (QED) is 0.0288. The summed E-state index contributed by atoms with van der Waals surface area (Å²) in [6, 6.07) is -4.47. The van der Waals surface area contributed by atoms with E-state index >= 15 is 38.4 Å². The first-order valence-electron chi connectivity index (χ1n) is 45.9. The van der Waals surface area contributed by atoms with Gasteiger partial charge in [-0.05, 0) is 104 Å². The number of carboxylic acids is 3. The van der Waals surface area contributed by atoms with Crippen LogP contribution in [0.1, 0.15) is 148 Å². The number of nitrogens with one attached hydrogen (secondary N) is 11. The predicted octanol–water partition coefficient (Wildman–Crippen LogP) is -1.39. The Morgan fingerprint density at radius 2 is 1.14 bits per heavy atom. The molecule has 2 aromatic heterocycles. The smallest absolute Gasteiger partial charge is 0.323 e. The molecule has 0 spiro atoms. The number of carbonyl (C=O) groups excluding carboxylic acids is 16.